The van der Waals surface area contributed by atoms with Gasteiger partial charge in [-0.1, -0.05) is 0 Å². The second kappa shape index (κ2) is 7.79. The standard InChI is InChI=1S/C18H35NO/c1-14(2)19-11-9-17(10-12-19)13-16-5-7-18(8-6-16)20-15(3)4/h14-18H,5-13H2,1-4H3. The van der Waals surface area contributed by atoms with Gasteiger partial charge in [0.2, 0.25) is 0 Å². The molecule has 2 heteroatoms. The number of nitrogens with zero attached hydrogens (tertiary/aromatic N) is 1. The number of piperidine rings is 1. The van der Waals surface area contributed by atoms with Crippen molar-refractivity contribution in [1.82, 2.24) is 4.90 Å². The molecule has 20 heavy (non-hydrogen) atoms. The highest BCUT2D eigenvalue weighted by Gasteiger charge is 2.27. The first-order valence-corrected chi connectivity index (χ1v) is 8.94. The zero-order valence-corrected chi connectivity index (χ0v) is 14.1. The third kappa shape index (κ3) is 5.04. The van der Waals surface area contributed by atoms with Crippen LogP contribution in [0, 0.1) is 11.8 Å². The van der Waals surface area contributed by atoms with Gasteiger partial charge in [-0.05, 0) is 97.6 Å². The average Bonchev–Trinajstić information content (AvgIpc) is 2.41. The van der Waals surface area contributed by atoms with Gasteiger partial charge in [0.1, 0.15) is 0 Å². The van der Waals surface area contributed by atoms with Gasteiger partial charge < -0.3 is 9.64 Å². The summed E-state index contributed by atoms with van der Waals surface area (Å²) in [5, 5.41) is 0. The number of likely N-dealkylation sites (tertiary alicyclic amines) is 1. The second-order valence-electron chi connectivity index (χ2n) is 7.64. The lowest BCUT2D eigenvalue weighted by Crippen LogP contribution is -2.39. The molecule has 0 bridgehead atoms. The molecule has 0 aromatic rings. The monoisotopic (exact) mass is 281 g/mol. The molecule has 1 aliphatic carbocycles. The molecular formula is C18H35NO. The van der Waals surface area contributed by atoms with Crippen LogP contribution in [0.4, 0.5) is 0 Å². The Labute approximate surface area is 126 Å². The van der Waals surface area contributed by atoms with Crippen molar-refractivity contribution < 1.29 is 4.74 Å². The molecule has 0 unspecified atom stereocenters. The Morgan fingerprint density at radius 2 is 1.40 bits per heavy atom. The van der Waals surface area contributed by atoms with Crippen LogP contribution in [0.1, 0.15) is 72.6 Å². The second-order valence-corrected chi connectivity index (χ2v) is 7.64. The van der Waals surface area contributed by atoms with Crippen molar-refractivity contribution in [2.75, 3.05) is 13.1 Å². The highest BCUT2D eigenvalue weighted by atomic mass is 16.5. The first kappa shape index (κ1) is 16.3. The summed E-state index contributed by atoms with van der Waals surface area (Å²) in [5.41, 5.74) is 0. The van der Waals surface area contributed by atoms with Crippen molar-refractivity contribution in [3.63, 3.8) is 0 Å². The van der Waals surface area contributed by atoms with Crippen molar-refractivity contribution in [2.45, 2.75) is 90.9 Å². The smallest absolute Gasteiger partial charge is 0.0578 e. The lowest BCUT2D eigenvalue weighted by atomic mass is 9.79. The van der Waals surface area contributed by atoms with Crippen LogP contribution in [0.25, 0.3) is 0 Å². The van der Waals surface area contributed by atoms with Crippen LogP contribution in [0.5, 0.6) is 0 Å². The topological polar surface area (TPSA) is 12.5 Å². The predicted octanol–water partition coefficient (Wildman–Crippen LogP) is 4.48. The van der Waals surface area contributed by atoms with E-state index in [4.69, 9.17) is 4.74 Å². The van der Waals surface area contributed by atoms with Crippen LogP contribution in [-0.2, 0) is 4.74 Å². The summed E-state index contributed by atoms with van der Waals surface area (Å²) in [4.78, 5) is 2.64. The van der Waals surface area contributed by atoms with Crippen LogP contribution in [0.3, 0.4) is 0 Å². The average molecular weight is 281 g/mol. The van der Waals surface area contributed by atoms with E-state index in [1.54, 1.807) is 0 Å². The zero-order valence-electron chi connectivity index (χ0n) is 14.1. The Morgan fingerprint density at radius 1 is 0.850 bits per heavy atom. The van der Waals surface area contributed by atoms with E-state index in [2.05, 4.69) is 32.6 Å². The molecule has 0 aromatic heterocycles. The number of hydrogen-bond donors (Lipinski definition) is 0. The first-order valence-electron chi connectivity index (χ1n) is 8.94. The molecule has 0 amide bonds. The summed E-state index contributed by atoms with van der Waals surface area (Å²) < 4.78 is 5.96. The minimum Gasteiger partial charge on any atom is -0.376 e. The van der Waals surface area contributed by atoms with Crippen LogP contribution in [0.2, 0.25) is 0 Å². The summed E-state index contributed by atoms with van der Waals surface area (Å²) in [6.45, 7) is 11.6. The Hall–Kier alpha value is -0.0800. The van der Waals surface area contributed by atoms with Crippen LogP contribution in [0.15, 0.2) is 0 Å². The highest BCUT2D eigenvalue weighted by molar-refractivity contribution is 4.80. The van der Waals surface area contributed by atoms with E-state index in [0.717, 1.165) is 17.9 Å². The quantitative estimate of drug-likeness (QED) is 0.736. The van der Waals surface area contributed by atoms with Crippen molar-refractivity contribution in [3.05, 3.63) is 0 Å². The van der Waals surface area contributed by atoms with E-state index in [0.29, 0.717) is 12.2 Å². The predicted molar refractivity (Wildman–Crippen MR) is 86.0 cm³/mol. The minimum absolute atomic E-state index is 0.400. The maximum Gasteiger partial charge on any atom is 0.0578 e. The number of ether oxygens (including phenoxy) is 1. The third-order valence-corrected chi connectivity index (χ3v) is 5.30. The molecule has 2 rings (SSSR count). The lowest BCUT2D eigenvalue weighted by molar-refractivity contribution is -0.0221. The molecule has 1 heterocycles. The Bertz CT molecular complexity index is 261. The molecule has 1 saturated heterocycles. The molecular weight excluding hydrogens is 246 g/mol. The van der Waals surface area contributed by atoms with E-state index in [1.165, 1.54) is 58.0 Å². The normalized spacial score (nSPS) is 30.3. The van der Waals surface area contributed by atoms with Gasteiger partial charge in [-0.25, -0.2) is 0 Å². The van der Waals surface area contributed by atoms with Crippen LogP contribution < -0.4 is 0 Å². The SMILES string of the molecule is CC(C)OC1CCC(CC2CCN(C(C)C)CC2)CC1. The molecule has 118 valence electrons. The summed E-state index contributed by atoms with van der Waals surface area (Å²) in [6.07, 6.45) is 10.7. The number of hydrogen-bond acceptors (Lipinski definition) is 2. The van der Waals surface area contributed by atoms with Crippen molar-refractivity contribution in [3.8, 4) is 0 Å². The van der Waals surface area contributed by atoms with E-state index < -0.39 is 0 Å². The van der Waals surface area contributed by atoms with Gasteiger partial charge in [0.15, 0.2) is 0 Å². The highest BCUT2D eigenvalue weighted by Crippen LogP contribution is 2.34. The fourth-order valence-corrected chi connectivity index (χ4v) is 4.06. The first-order chi connectivity index (χ1) is 9.54. The zero-order chi connectivity index (χ0) is 14.5. The molecule has 0 radical (unpaired) electrons. The van der Waals surface area contributed by atoms with Crippen LogP contribution in [-0.4, -0.2) is 36.2 Å². The summed E-state index contributed by atoms with van der Waals surface area (Å²) >= 11 is 0. The largest absolute Gasteiger partial charge is 0.376 e. The molecule has 2 fully saturated rings. The van der Waals surface area contributed by atoms with Crippen molar-refractivity contribution in [1.29, 1.82) is 0 Å². The van der Waals surface area contributed by atoms with E-state index in [9.17, 15) is 0 Å². The van der Waals surface area contributed by atoms with Gasteiger partial charge in [-0.2, -0.15) is 0 Å². The molecule has 2 nitrogen and oxygen atoms in total. The van der Waals surface area contributed by atoms with Gasteiger partial charge in [-0.15, -0.1) is 0 Å². The molecule has 0 aromatic carbocycles. The van der Waals surface area contributed by atoms with Gasteiger partial charge in [0.25, 0.3) is 0 Å². The Morgan fingerprint density at radius 3 is 1.90 bits per heavy atom. The lowest BCUT2D eigenvalue weighted by Gasteiger charge is -2.37. The summed E-state index contributed by atoms with van der Waals surface area (Å²) in [6, 6.07) is 0.736. The van der Waals surface area contributed by atoms with E-state index in [1.807, 2.05) is 0 Å². The van der Waals surface area contributed by atoms with Gasteiger partial charge in [-0.3, -0.25) is 0 Å². The molecule has 0 spiro atoms. The fraction of sp³-hybridized carbons (Fsp3) is 1.00. The van der Waals surface area contributed by atoms with Crippen molar-refractivity contribution in [2.24, 2.45) is 11.8 Å². The maximum absolute atomic E-state index is 5.96. The van der Waals surface area contributed by atoms with E-state index in [-0.39, 0.29) is 0 Å². The molecule has 1 saturated carbocycles. The molecule has 0 atom stereocenters. The third-order valence-electron chi connectivity index (χ3n) is 5.30. The Kier molecular flexibility index (Phi) is 6.35. The van der Waals surface area contributed by atoms with E-state index >= 15 is 0 Å². The van der Waals surface area contributed by atoms with Gasteiger partial charge in [0, 0.05) is 6.04 Å². The number of rotatable bonds is 5. The summed E-state index contributed by atoms with van der Waals surface area (Å²) in [7, 11) is 0. The Balaban J connectivity index is 1.64. The van der Waals surface area contributed by atoms with Crippen molar-refractivity contribution >= 4 is 0 Å². The maximum atomic E-state index is 5.96. The molecule has 2 aliphatic rings. The van der Waals surface area contributed by atoms with Gasteiger partial charge >= 0.3 is 0 Å². The fourth-order valence-electron chi connectivity index (χ4n) is 4.06. The van der Waals surface area contributed by atoms with Crippen LogP contribution >= 0.6 is 0 Å². The molecule has 0 N–H and O–H groups in total. The molecule has 1 aliphatic heterocycles. The van der Waals surface area contributed by atoms with Gasteiger partial charge in [0.05, 0.1) is 12.2 Å². The minimum atomic E-state index is 0.400. The summed E-state index contributed by atoms with van der Waals surface area (Å²) in [5.74, 6) is 1.98.